The summed E-state index contributed by atoms with van der Waals surface area (Å²) in [5.74, 6) is -0.373. The minimum atomic E-state index is -0.770. The van der Waals surface area contributed by atoms with Crippen molar-refractivity contribution < 1.29 is 5.11 Å². The molecule has 0 amide bonds. The summed E-state index contributed by atoms with van der Waals surface area (Å²) in [5.41, 5.74) is 1.52. The SMILES string of the molecule is CCCC(C#N)C(O)c1cccc2cccnc12. The third kappa shape index (κ3) is 2.34. The maximum absolute atomic E-state index is 10.3. The van der Waals surface area contributed by atoms with E-state index in [1.54, 1.807) is 6.20 Å². The van der Waals surface area contributed by atoms with Crippen molar-refractivity contribution in [3.05, 3.63) is 42.1 Å². The maximum Gasteiger partial charge on any atom is 0.0969 e. The van der Waals surface area contributed by atoms with E-state index in [1.165, 1.54) is 0 Å². The van der Waals surface area contributed by atoms with Crippen molar-refractivity contribution >= 4 is 10.9 Å². The Morgan fingerprint density at radius 1 is 1.33 bits per heavy atom. The zero-order valence-corrected chi connectivity index (χ0v) is 10.4. The summed E-state index contributed by atoms with van der Waals surface area (Å²) in [5, 5.41) is 20.5. The first kappa shape index (κ1) is 12.5. The minimum Gasteiger partial charge on any atom is -0.387 e. The summed E-state index contributed by atoms with van der Waals surface area (Å²) < 4.78 is 0. The highest BCUT2D eigenvalue weighted by molar-refractivity contribution is 5.81. The smallest absolute Gasteiger partial charge is 0.0969 e. The van der Waals surface area contributed by atoms with Crippen molar-refractivity contribution in [2.45, 2.75) is 25.9 Å². The molecule has 2 rings (SSSR count). The molecule has 0 saturated carbocycles. The molecule has 1 aromatic heterocycles. The highest BCUT2D eigenvalue weighted by atomic mass is 16.3. The monoisotopic (exact) mass is 240 g/mol. The molecule has 92 valence electrons. The van der Waals surface area contributed by atoms with Gasteiger partial charge in [-0.25, -0.2) is 0 Å². The zero-order valence-electron chi connectivity index (χ0n) is 10.4. The maximum atomic E-state index is 10.3. The molecule has 0 radical (unpaired) electrons. The second-order valence-corrected chi connectivity index (χ2v) is 4.39. The lowest BCUT2D eigenvalue weighted by Gasteiger charge is -2.17. The molecule has 1 N–H and O–H groups in total. The Hall–Kier alpha value is -1.92. The number of pyridine rings is 1. The third-order valence-corrected chi connectivity index (χ3v) is 3.13. The molecule has 18 heavy (non-hydrogen) atoms. The molecule has 2 atom stereocenters. The van der Waals surface area contributed by atoms with Crippen LogP contribution in [-0.2, 0) is 0 Å². The largest absolute Gasteiger partial charge is 0.387 e. The van der Waals surface area contributed by atoms with Gasteiger partial charge in [-0.3, -0.25) is 4.98 Å². The lowest BCUT2D eigenvalue weighted by atomic mass is 9.92. The molecule has 0 aliphatic heterocycles. The van der Waals surface area contributed by atoms with Crippen molar-refractivity contribution in [2.24, 2.45) is 5.92 Å². The Morgan fingerprint density at radius 3 is 2.83 bits per heavy atom. The van der Waals surface area contributed by atoms with E-state index < -0.39 is 6.10 Å². The summed E-state index contributed by atoms with van der Waals surface area (Å²) in [4.78, 5) is 4.31. The first-order valence-corrected chi connectivity index (χ1v) is 6.19. The van der Waals surface area contributed by atoms with Crippen molar-refractivity contribution in [2.75, 3.05) is 0 Å². The average molecular weight is 240 g/mol. The number of aliphatic hydroxyl groups is 1. The van der Waals surface area contributed by atoms with Crippen LogP contribution in [0.25, 0.3) is 10.9 Å². The molecule has 0 spiro atoms. The first-order chi connectivity index (χ1) is 8.77. The van der Waals surface area contributed by atoms with Crippen LogP contribution in [0, 0.1) is 17.2 Å². The fraction of sp³-hybridized carbons (Fsp3) is 0.333. The van der Waals surface area contributed by atoms with Crippen LogP contribution in [0.1, 0.15) is 31.4 Å². The summed E-state index contributed by atoms with van der Waals surface area (Å²) >= 11 is 0. The Bertz CT molecular complexity index is 569. The highest BCUT2D eigenvalue weighted by Crippen LogP contribution is 2.29. The molecule has 3 nitrogen and oxygen atoms in total. The van der Waals surface area contributed by atoms with Gasteiger partial charge in [0.05, 0.1) is 23.6 Å². The predicted molar refractivity (Wildman–Crippen MR) is 70.7 cm³/mol. The standard InChI is InChI=1S/C15H16N2O/c1-2-5-12(10-16)15(18)13-8-3-6-11-7-4-9-17-14(11)13/h3-4,6-9,12,15,18H,2,5H2,1H3. The zero-order chi connectivity index (χ0) is 13.0. The summed E-state index contributed by atoms with van der Waals surface area (Å²) in [7, 11) is 0. The number of hydrogen-bond acceptors (Lipinski definition) is 3. The van der Waals surface area contributed by atoms with Crippen molar-refractivity contribution in [1.82, 2.24) is 4.98 Å². The van der Waals surface area contributed by atoms with Crippen LogP contribution in [0.3, 0.4) is 0 Å². The van der Waals surface area contributed by atoms with Crippen LogP contribution in [0.15, 0.2) is 36.5 Å². The van der Waals surface area contributed by atoms with Gasteiger partial charge in [-0.2, -0.15) is 5.26 Å². The van der Waals surface area contributed by atoms with Crippen molar-refractivity contribution in [1.29, 1.82) is 5.26 Å². The van der Waals surface area contributed by atoms with Gasteiger partial charge in [0.25, 0.3) is 0 Å². The molecule has 2 unspecified atom stereocenters. The van der Waals surface area contributed by atoms with Gasteiger partial charge < -0.3 is 5.11 Å². The minimum absolute atomic E-state index is 0.373. The van der Waals surface area contributed by atoms with Gasteiger partial charge in [0.15, 0.2) is 0 Å². The Morgan fingerprint density at radius 2 is 2.11 bits per heavy atom. The van der Waals surface area contributed by atoms with E-state index in [0.29, 0.717) is 6.42 Å². The number of para-hydroxylation sites is 1. The van der Waals surface area contributed by atoms with Crippen LogP contribution in [0.5, 0.6) is 0 Å². The van der Waals surface area contributed by atoms with E-state index in [1.807, 2.05) is 37.3 Å². The van der Waals surface area contributed by atoms with Gasteiger partial charge in [0.1, 0.15) is 0 Å². The highest BCUT2D eigenvalue weighted by Gasteiger charge is 2.21. The molecule has 0 aliphatic carbocycles. The average Bonchev–Trinajstić information content (AvgIpc) is 2.43. The van der Waals surface area contributed by atoms with Gasteiger partial charge in [-0.1, -0.05) is 37.6 Å². The lowest BCUT2D eigenvalue weighted by Crippen LogP contribution is -2.11. The van der Waals surface area contributed by atoms with Gasteiger partial charge in [0, 0.05) is 17.1 Å². The van der Waals surface area contributed by atoms with E-state index in [0.717, 1.165) is 22.9 Å². The molecule has 0 saturated heterocycles. The molecule has 2 aromatic rings. The van der Waals surface area contributed by atoms with E-state index >= 15 is 0 Å². The molecule has 0 fully saturated rings. The Labute approximate surface area is 107 Å². The molecule has 0 bridgehead atoms. The Kier molecular flexibility index (Phi) is 3.91. The molecular weight excluding hydrogens is 224 g/mol. The van der Waals surface area contributed by atoms with Gasteiger partial charge >= 0.3 is 0 Å². The van der Waals surface area contributed by atoms with Gasteiger partial charge in [0.2, 0.25) is 0 Å². The van der Waals surface area contributed by atoms with E-state index in [-0.39, 0.29) is 5.92 Å². The Balaban J connectivity index is 2.44. The number of nitriles is 1. The van der Waals surface area contributed by atoms with E-state index in [2.05, 4.69) is 11.1 Å². The van der Waals surface area contributed by atoms with Crippen molar-refractivity contribution in [3.63, 3.8) is 0 Å². The van der Waals surface area contributed by atoms with Crippen molar-refractivity contribution in [3.8, 4) is 6.07 Å². The number of nitrogens with zero attached hydrogens (tertiary/aromatic N) is 2. The predicted octanol–water partition coefficient (Wildman–Crippen LogP) is 3.21. The van der Waals surface area contributed by atoms with Crippen LogP contribution < -0.4 is 0 Å². The fourth-order valence-corrected chi connectivity index (χ4v) is 2.19. The fourth-order valence-electron chi connectivity index (χ4n) is 2.19. The van der Waals surface area contributed by atoms with Crippen LogP contribution in [-0.4, -0.2) is 10.1 Å². The number of rotatable bonds is 4. The van der Waals surface area contributed by atoms with Crippen LogP contribution >= 0.6 is 0 Å². The first-order valence-electron chi connectivity index (χ1n) is 6.19. The molecule has 3 heteroatoms. The van der Waals surface area contributed by atoms with E-state index in [9.17, 15) is 5.11 Å². The van der Waals surface area contributed by atoms with Crippen LogP contribution in [0.4, 0.5) is 0 Å². The van der Waals surface area contributed by atoms with Gasteiger partial charge in [-0.05, 0) is 12.5 Å². The molecule has 1 aromatic carbocycles. The second kappa shape index (κ2) is 5.61. The summed E-state index contributed by atoms with van der Waals surface area (Å²) in [6.45, 7) is 2.01. The quantitative estimate of drug-likeness (QED) is 0.892. The topological polar surface area (TPSA) is 56.9 Å². The van der Waals surface area contributed by atoms with E-state index in [4.69, 9.17) is 5.26 Å². The number of fused-ring (bicyclic) bond motifs is 1. The van der Waals surface area contributed by atoms with Crippen LogP contribution in [0.2, 0.25) is 0 Å². The molecular formula is C15H16N2O. The summed E-state index contributed by atoms with van der Waals surface area (Å²) in [6.07, 6.45) is 2.52. The van der Waals surface area contributed by atoms with Gasteiger partial charge in [-0.15, -0.1) is 0 Å². The second-order valence-electron chi connectivity index (χ2n) is 4.39. The number of hydrogen-bond donors (Lipinski definition) is 1. The summed E-state index contributed by atoms with van der Waals surface area (Å²) in [6, 6.07) is 11.7. The lowest BCUT2D eigenvalue weighted by molar-refractivity contribution is 0.131. The third-order valence-electron chi connectivity index (χ3n) is 3.13. The molecule has 0 aliphatic rings. The normalized spacial score (nSPS) is 14.1. The molecule has 1 heterocycles. The number of aliphatic hydroxyl groups excluding tert-OH is 1. The number of aromatic nitrogens is 1. The number of benzene rings is 1.